The van der Waals surface area contributed by atoms with Crippen LogP contribution in [-0.2, 0) is 4.79 Å². The topological polar surface area (TPSA) is 72.2 Å². The lowest BCUT2D eigenvalue weighted by atomic mass is 10.0. The Kier molecular flexibility index (Phi) is 5.21. The van der Waals surface area contributed by atoms with Gasteiger partial charge in [-0.15, -0.1) is 0 Å². The molecule has 0 bridgehead atoms. The molecule has 0 aliphatic carbocycles. The third-order valence-electron chi connectivity index (χ3n) is 4.05. The van der Waals surface area contributed by atoms with Gasteiger partial charge in [0, 0.05) is 16.8 Å². The standard InChI is InChI=1S/C22H16N2O3S/c25-20(14-28-22-24-18-11-4-5-12-19(18)27-22)23-17-10-6-9-16(13-17)21(26)15-7-2-1-3-8-15/h1-13H,14H2,(H,23,25). The summed E-state index contributed by atoms with van der Waals surface area (Å²) >= 11 is 1.22. The summed E-state index contributed by atoms with van der Waals surface area (Å²) < 4.78 is 5.60. The quantitative estimate of drug-likeness (QED) is 0.380. The Hall–Kier alpha value is -3.38. The summed E-state index contributed by atoms with van der Waals surface area (Å²) in [4.78, 5) is 29.1. The molecule has 138 valence electrons. The molecular weight excluding hydrogens is 372 g/mol. The number of hydrogen-bond acceptors (Lipinski definition) is 5. The van der Waals surface area contributed by atoms with Gasteiger partial charge in [-0.1, -0.05) is 66.4 Å². The van der Waals surface area contributed by atoms with E-state index in [1.165, 1.54) is 11.8 Å². The van der Waals surface area contributed by atoms with Crippen molar-refractivity contribution in [2.75, 3.05) is 11.1 Å². The summed E-state index contributed by atoms with van der Waals surface area (Å²) in [5, 5.41) is 3.26. The van der Waals surface area contributed by atoms with E-state index in [1.54, 1.807) is 36.4 Å². The highest BCUT2D eigenvalue weighted by Gasteiger charge is 2.12. The molecule has 4 aromatic rings. The van der Waals surface area contributed by atoms with Crippen LogP contribution in [0.1, 0.15) is 15.9 Å². The van der Waals surface area contributed by atoms with Gasteiger partial charge in [0.05, 0.1) is 5.75 Å². The van der Waals surface area contributed by atoms with E-state index in [0.717, 1.165) is 5.52 Å². The first-order chi connectivity index (χ1) is 13.7. The van der Waals surface area contributed by atoms with Gasteiger partial charge in [-0.25, -0.2) is 4.98 Å². The number of fused-ring (bicyclic) bond motifs is 1. The molecule has 1 aromatic heterocycles. The monoisotopic (exact) mass is 388 g/mol. The molecule has 5 nitrogen and oxygen atoms in total. The van der Waals surface area contributed by atoms with Gasteiger partial charge in [-0.05, 0) is 24.3 Å². The van der Waals surface area contributed by atoms with Crippen molar-refractivity contribution >= 4 is 40.2 Å². The second kappa shape index (κ2) is 8.10. The molecule has 4 rings (SSSR count). The number of anilines is 1. The van der Waals surface area contributed by atoms with Crippen LogP contribution in [0.25, 0.3) is 11.1 Å². The fraction of sp³-hybridized carbons (Fsp3) is 0.0455. The number of ketones is 1. The van der Waals surface area contributed by atoms with E-state index >= 15 is 0 Å². The molecule has 1 N–H and O–H groups in total. The molecule has 0 radical (unpaired) electrons. The fourth-order valence-corrected chi connectivity index (χ4v) is 3.37. The number of para-hydroxylation sites is 2. The zero-order valence-corrected chi connectivity index (χ0v) is 15.6. The minimum atomic E-state index is -0.198. The Morgan fingerprint density at radius 1 is 0.893 bits per heavy atom. The van der Waals surface area contributed by atoms with E-state index in [9.17, 15) is 9.59 Å². The number of aromatic nitrogens is 1. The molecule has 1 heterocycles. The van der Waals surface area contributed by atoms with Crippen molar-refractivity contribution < 1.29 is 14.0 Å². The molecule has 0 saturated carbocycles. The van der Waals surface area contributed by atoms with Crippen LogP contribution in [0.4, 0.5) is 5.69 Å². The molecule has 0 saturated heterocycles. The van der Waals surface area contributed by atoms with E-state index in [2.05, 4.69) is 10.3 Å². The van der Waals surface area contributed by atoms with Gasteiger partial charge < -0.3 is 9.73 Å². The number of amides is 1. The van der Waals surface area contributed by atoms with Crippen molar-refractivity contribution in [3.05, 3.63) is 90.0 Å². The van der Waals surface area contributed by atoms with Crippen LogP contribution in [0, 0.1) is 0 Å². The maximum atomic E-state index is 12.5. The Morgan fingerprint density at radius 2 is 1.64 bits per heavy atom. The van der Waals surface area contributed by atoms with Crippen LogP contribution in [-0.4, -0.2) is 22.4 Å². The molecule has 28 heavy (non-hydrogen) atoms. The molecule has 6 heteroatoms. The van der Waals surface area contributed by atoms with Gasteiger partial charge >= 0.3 is 0 Å². The molecule has 0 aliphatic heterocycles. The van der Waals surface area contributed by atoms with Crippen LogP contribution in [0.2, 0.25) is 0 Å². The Morgan fingerprint density at radius 3 is 2.46 bits per heavy atom. The fourth-order valence-electron chi connectivity index (χ4n) is 2.73. The number of benzene rings is 3. The van der Waals surface area contributed by atoms with Crippen molar-refractivity contribution in [2.45, 2.75) is 5.22 Å². The summed E-state index contributed by atoms with van der Waals surface area (Å²) in [7, 11) is 0. The van der Waals surface area contributed by atoms with Crippen LogP contribution < -0.4 is 5.32 Å². The van der Waals surface area contributed by atoms with E-state index in [4.69, 9.17) is 4.42 Å². The molecule has 0 fully saturated rings. The van der Waals surface area contributed by atoms with Gasteiger partial charge in [-0.3, -0.25) is 9.59 Å². The zero-order chi connectivity index (χ0) is 19.3. The molecule has 0 unspecified atom stereocenters. The van der Waals surface area contributed by atoms with Gasteiger partial charge in [0.2, 0.25) is 5.91 Å². The maximum Gasteiger partial charge on any atom is 0.257 e. The third kappa shape index (κ3) is 4.13. The van der Waals surface area contributed by atoms with Gasteiger partial charge in [0.25, 0.3) is 5.22 Å². The summed E-state index contributed by atoms with van der Waals surface area (Å²) in [5.74, 6) is -0.127. The average Bonchev–Trinajstić information content (AvgIpc) is 3.16. The normalized spacial score (nSPS) is 10.7. The highest BCUT2D eigenvalue weighted by Crippen LogP contribution is 2.23. The number of thioether (sulfide) groups is 1. The lowest BCUT2D eigenvalue weighted by Crippen LogP contribution is -2.14. The minimum absolute atomic E-state index is 0.0856. The average molecular weight is 388 g/mol. The number of nitrogens with one attached hydrogen (secondary N) is 1. The lowest BCUT2D eigenvalue weighted by Gasteiger charge is -2.07. The number of carbonyl (C=O) groups is 2. The van der Waals surface area contributed by atoms with Gasteiger partial charge in [0.1, 0.15) is 5.52 Å². The molecule has 3 aromatic carbocycles. The van der Waals surface area contributed by atoms with E-state index < -0.39 is 0 Å². The number of hydrogen-bond donors (Lipinski definition) is 1. The van der Waals surface area contributed by atoms with Gasteiger partial charge in [0.15, 0.2) is 11.4 Å². The van der Waals surface area contributed by atoms with Crippen LogP contribution in [0.15, 0.2) is 88.5 Å². The van der Waals surface area contributed by atoms with E-state index in [1.807, 2.05) is 42.5 Å². The first kappa shape index (κ1) is 18.0. The van der Waals surface area contributed by atoms with Crippen molar-refractivity contribution in [1.29, 1.82) is 0 Å². The molecule has 0 aliphatic rings. The van der Waals surface area contributed by atoms with E-state index in [-0.39, 0.29) is 17.4 Å². The van der Waals surface area contributed by atoms with Crippen molar-refractivity contribution in [2.24, 2.45) is 0 Å². The van der Waals surface area contributed by atoms with Crippen LogP contribution >= 0.6 is 11.8 Å². The van der Waals surface area contributed by atoms with E-state index in [0.29, 0.717) is 27.6 Å². The first-order valence-electron chi connectivity index (χ1n) is 8.67. The summed E-state index contributed by atoms with van der Waals surface area (Å²) in [6, 6.07) is 23.4. The predicted molar refractivity (Wildman–Crippen MR) is 110 cm³/mol. The molecule has 1 amide bonds. The first-order valence-corrected chi connectivity index (χ1v) is 9.66. The zero-order valence-electron chi connectivity index (χ0n) is 14.8. The number of nitrogens with zero attached hydrogens (tertiary/aromatic N) is 1. The van der Waals surface area contributed by atoms with Crippen molar-refractivity contribution in [3.8, 4) is 0 Å². The molecule has 0 spiro atoms. The number of oxazole rings is 1. The highest BCUT2D eigenvalue weighted by atomic mass is 32.2. The Labute approximate surface area is 165 Å². The molecule has 0 atom stereocenters. The Bertz CT molecular complexity index is 1110. The van der Waals surface area contributed by atoms with Crippen LogP contribution in [0.3, 0.4) is 0 Å². The Balaban J connectivity index is 1.39. The second-order valence-corrected chi connectivity index (χ2v) is 6.99. The highest BCUT2D eigenvalue weighted by molar-refractivity contribution is 7.99. The third-order valence-corrected chi connectivity index (χ3v) is 4.87. The lowest BCUT2D eigenvalue weighted by molar-refractivity contribution is -0.113. The largest absolute Gasteiger partial charge is 0.431 e. The minimum Gasteiger partial charge on any atom is -0.431 e. The smallest absolute Gasteiger partial charge is 0.257 e. The summed E-state index contributed by atoms with van der Waals surface area (Å²) in [6.07, 6.45) is 0. The van der Waals surface area contributed by atoms with Crippen molar-refractivity contribution in [1.82, 2.24) is 4.98 Å². The van der Waals surface area contributed by atoms with Crippen molar-refractivity contribution in [3.63, 3.8) is 0 Å². The SMILES string of the molecule is O=C(CSc1nc2ccccc2o1)Nc1cccc(C(=O)c2ccccc2)c1. The number of carbonyl (C=O) groups excluding carboxylic acids is 2. The van der Waals surface area contributed by atoms with Gasteiger partial charge in [-0.2, -0.15) is 0 Å². The second-order valence-electron chi connectivity index (χ2n) is 6.06. The summed E-state index contributed by atoms with van der Waals surface area (Å²) in [6.45, 7) is 0. The predicted octanol–water partition coefficient (Wildman–Crippen LogP) is 4.79. The summed E-state index contributed by atoms with van der Waals surface area (Å²) in [5.41, 5.74) is 3.16. The number of rotatable bonds is 6. The van der Waals surface area contributed by atoms with Crippen LogP contribution in [0.5, 0.6) is 0 Å². The maximum absolute atomic E-state index is 12.5. The molecular formula is C22H16N2O3S.